The largest absolute Gasteiger partial charge is 0.462 e. The molecule has 0 aromatic carbocycles. The quantitative estimate of drug-likeness (QED) is 0.0261. The Morgan fingerprint density at radius 1 is 0.280 bits per heavy atom. The SMILES string of the molecule is CC/C=C\C/C=C\C/C=C\C/C=C\C/C=C\CCCCCCCCCCCCCC(=O)OCC(COC(=O)CCCCCCCCCCCCCCC)OC(=O)CCCCCCCCCCCCCCCCCCC. The molecular formula is C69H124O6. The molecule has 0 rings (SSSR count). The predicted octanol–water partition coefficient (Wildman–Crippen LogP) is 22.3. The maximum Gasteiger partial charge on any atom is 0.306 e. The van der Waals surface area contributed by atoms with Crippen LogP contribution in [0.5, 0.6) is 0 Å². The van der Waals surface area contributed by atoms with Crippen molar-refractivity contribution in [3.8, 4) is 0 Å². The Morgan fingerprint density at radius 2 is 0.520 bits per heavy atom. The number of esters is 3. The fourth-order valence-corrected chi connectivity index (χ4v) is 9.65. The molecule has 0 aromatic rings. The second-order valence-electron chi connectivity index (χ2n) is 22.0. The summed E-state index contributed by atoms with van der Waals surface area (Å²) >= 11 is 0. The smallest absolute Gasteiger partial charge is 0.306 e. The van der Waals surface area contributed by atoms with Crippen LogP contribution >= 0.6 is 0 Å². The summed E-state index contributed by atoms with van der Waals surface area (Å²) in [6.07, 6.45) is 80.8. The van der Waals surface area contributed by atoms with Gasteiger partial charge in [0, 0.05) is 19.3 Å². The van der Waals surface area contributed by atoms with E-state index in [-0.39, 0.29) is 31.1 Å². The molecule has 436 valence electrons. The molecule has 0 aliphatic heterocycles. The minimum Gasteiger partial charge on any atom is -0.462 e. The van der Waals surface area contributed by atoms with Gasteiger partial charge in [-0.1, -0.05) is 319 Å². The fourth-order valence-electron chi connectivity index (χ4n) is 9.65. The first-order valence-corrected chi connectivity index (χ1v) is 32.8. The van der Waals surface area contributed by atoms with Crippen molar-refractivity contribution in [2.24, 2.45) is 0 Å². The number of hydrogen-bond acceptors (Lipinski definition) is 6. The first kappa shape index (κ1) is 72.1. The van der Waals surface area contributed by atoms with Crippen LogP contribution in [0.2, 0.25) is 0 Å². The van der Waals surface area contributed by atoms with Crippen molar-refractivity contribution in [1.29, 1.82) is 0 Å². The molecule has 0 N–H and O–H groups in total. The molecule has 6 nitrogen and oxygen atoms in total. The molecule has 0 saturated heterocycles. The van der Waals surface area contributed by atoms with Crippen LogP contribution in [0.25, 0.3) is 0 Å². The monoisotopic (exact) mass is 1050 g/mol. The van der Waals surface area contributed by atoms with Gasteiger partial charge in [0.25, 0.3) is 0 Å². The lowest BCUT2D eigenvalue weighted by Crippen LogP contribution is -2.30. The predicted molar refractivity (Wildman–Crippen MR) is 325 cm³/mol. The molecule has 6 heteroatoms. The average molecular weight is 1050 g/mol. The number of carbonyl (C=O) groups is 3. The van der Waals surface area contributed by atoms with Crippen molar-refractivity contribution in [1.82, 2.24) is 0 Å². The van der Waals surface area contributed by atoms with Gasteiger partial charge in [0.1, 0.15) is 13.2 Å². The first-order chi connectivity index (χ1) is 37.0. The lowest BCUT2D eigenvalue weighted by atomic mass is 10.0. The van der Waals surface area contributed by atoms with E-state index < -0.39 is 6.10 Å². The van der Waals surface area contributed by atoms with Crippen LogP contribution in [-0.2, 0) is 28.6 Å². The maximum atomic E-state index is 12.9. The molecule has 0 aliphatic rings. The van der Waals surface area contributed by atoms with Gasteiger partial charge in [-0.15, -0.1) is 0 Å². The van der Waals surface area contributed by atoms with Gasteiger partial charge in [-0.25, -0.2) is 0 Å². The summed E-state index contributed by atoms with van der Waals surface area (Å²) in [5.41, 5.74) is 0. The van der Waals surface area contributed by atoms with Gasteiger partial charge in [-0.05, 0) is 64.2 Å². The summed E-state index contributed by atoms with van der Waals surface area (Å²) in [6.45, 7) is 6.58. The zero-order valence-corrected chi connectivity index (χ0v) is 50.1. The van der Waals surface area contributed by atoms with Gasteiger partial charge in [0.2, 0.25) is 0 Å². The zero-order chi connectivity index (χ0) is 54.3. The van der Waals surface area contributed by atoms with Gasteiger partial charge in [0.05, 0.1) is 0 Å². The van der Waals surface area contributed by atoms with E-state index in [1.807, 2.05) is 0 Å². The number of ether oxygens (including phenoxy) is 3. The van der Waals surface area contributed by atoms with Crippen LogP contribution in [0.1, 0.15) is 342 Å². The standard InChI is InChI=1S/C69H124O6/c1-4-7-10-13-16-19-22-25-27-29-30-31-32-33-34-35-36-37-38-40-41-44-47-50-53-56-59-62-68(71)74-65-66(64-73-67(70)61-58-55-52-49-46-43-24-21-18-15-12-9-6-3)75-69(72)63-60-57-54-51-48-45-42-39-28-26-23-20-17-14-11-8-5-2/h7,10,16,19,25,27,30-31,33-34,66H,4-6,8-9,11-15,17-18,20-24,26,28-29,32,35-65H2,1-3H3/b10-7-,19-16-,27-25-,31-30-,34-33-. The molecule has 0 bridgehead atoms. The summed E-state index contributed by atoms with van der Waals surface area (Å²) in [7, 11) is 0. The van der Waals surface area contributed by atoms with Crippen LogP contribution in [0, 0.1) is 0 Å². The molecule has 0 fully saturated rings. The molecule has 1 unspecified atom stereocenters. The van der Waals surface area contributed by atoms with E-state index in [0.717, 1.165) is 89.9 Å². The number of allylic oxidation sites excluding steroid dienone is 10. The molecular weight excluding hydrogens is 925 g/mol. The van der Waals surface area contributed by atoms with Crippen molar-refractivity contribution >= 4 is 17.9 Å². The highest BCUT2D eigenvalue weighted by atomic mass is 16.6. The summed E-state index contributed by atoms with van der Waals surface area (Å²) < 4.78 is 16.9. The Morgan fingerprint density at radius 3 is 0.813 bits per heavy atom. The lowest BCUT2D eigenvalue weighted by molar-refractivity contribution is -0.167. The molecule has 0 heterocycles. The molecule has 0 saturated carbocycles. The van der Waals surface area contributed by atoms with E-state index in [1.54, 1.807) is 0 Å². The summed E-state index contributed by atoms with van der Waals surface area (Å²) in [5.74, 6) is -0.850. The third kappa shape index (κ3) is 61.8. The van der Waals surface area contributed by atoms with Gasteiger partial charge < -0.3 is 14.2 Å². The highest BCUT2D eigenvalue weighted by molar-refractivity contribution is 5.71. The van der Waals surface area contributed by atoms with Crippen molar-refractivity contribution in [3.05, 3.63) is 60.8 Å². The lowest BCUT2D eigenvalue weighted by Gasteiger charge is -2.18. The van der Waals surface area contributed by atoms with Crippen molar-refractivity contribution < 1.29 is 28.6 Å². The Bertz CT molecular complexity index is 1340. The molecule has 0 spiro atoms. The van der Waals surface area contributed by atoms with E-state index >= 15 is 0 Å². The molecule has 75 heavy (non-hydrogen) atoms. The van der Waals surface area contributed by atoms with E-state index in [0.29, 0.717) is 19.3 Å². The molecule has 0 radical (unpaired) electrons. The van der Waals surface area contributed by atoms with Crippen molar-refractivity contribution in [2.75, 3.05) is 13.2 Å². The minimum atomic E-state index is -0.772. The number of unbranched alkanes of at least 4 members (excludes halogenated alkanes) is 39. The van der Waals surface area contributed by atoms with Crippen LogP contribution in [-0.4, -0.2) is 37.2 Å². The second-order valence-corrected chi connectivity index (χ2v) is 22.0. The number of hydrogen-bond donors (Lipinski definition) is 0. The van der Waals surface area contributed by atoms with Gasteiger partial charge in [0.15, 0.2) is 6.10 Å². The third-order valence-corrected chi connectivity index (χ3v) is 14.5. The highest BCUT2D eigenvalue weighted by Gasteiger charge is 2.19. The van der Waals surface area contributed by atoms with E-state index in [9.17, 15) is 14.4 Å². The van der Waals surface area contributed by atoms with E-state index in [2.05, 4.69) is 81.5 Å². The van der Waals surface area contributed by atoms with Gasteiger partial charge in [-0.3, -0.25) is 14.4 Å². The van der Waals surface area contributed by atoms with Crippen LogP contribution < -0.4 is 0 Å². The first-order valence-electron chi connectivity index (χ1n) is 32.8. The van der Waals surface area contributed by atoms with Crippen LogP contribution in [0.3, 0.4) is 0 Å². The van der Waals surface area contributed by atoms with Gasteiger partial charge in [-0.2, -0.15) is 0 Å². The molecule has 0 aromatic heterocycles. The minimum absolute atomic E-state index is 0.0690. The summed E-state index contributed by atoms with van der Waals surface area (Å²) in [5, 5.41) is 0. The topological polar surface area (TPSA) is 78.9 Å². The van der Waals surface area contributed by atoms with Gasteiger partial charge >= 0.3 is 17.9 Å². The van der Waals surface area contributed by atoms with E-state index in [4.69, 9.17) is 14.2 Å². The number of carbonyl (C=O) groups excluding carboxylic acids is 3. The average Bonchev–Trinajstić information content (AvgIpc) is 3.41. The summed E-state index contributed by atoms with van der Waals surface area (Å²) in [4.78, 5) is 38.3. The van der Waals surface area contributed by atoms with Crippen LogP contribution in [0.4, 0.5) is 0 Å². The van der Waals surface area contributed by atoms with E-state index in [1.165, 1.54) is 212 Å². The Kier molecular flexibility index (Phi) is 61.2. The maximum absolute atomic E-state index is 12.9. The molecule has 1 atom stereocenters. The Hall–Kier alpha value is -2.89. The fraction of sp³-hybridized carbons (Fsp3) is 0.812. The van der Waals surface area contributed by atoms with Crippen molar-refractivity contribution in [2.45, 2.75) is 348 Å². The molecule has 0 amide bonds. The highest BCUT2D eigenvalue weighted by Crippen LogP contribution is 2.18. The normalized spacial score (nSPS) is 12.4. The van der Waals surface area contributed by atoms with Crippen LogP contribution in [0.15, 0.2) is 60.8 Å². The molecule has 0 aliphatic carbocycles. The third-order valence-electron chi connectivity index (χ3n) is 14.5. The summed E-state index contributed by atoms with van der Waals surface area (Å²) in [6, 6.07) is 0. The zero-order valence-electron chi connectivity index (χ0n) is 50.1. The second kappa shape index (κ2) is 63.6. The number of rotatable bonds is 60. The van der Waals surface area contributed by atoms with Crippen molar-refractivity contribution in [3.63, 3.8) is 0 Å². The Labute approximate surface area is 466 Å². The Balaban J connectivity index is 4.25.